The normalized spacial score (nSPS) is 24.8. The standard InChI is InChI=1S/C11H17N3OS2/c1-2-6-15-9(3-1)7-16-11-14-13-10(17-11)12-8-4-5-8/h8-9H,1-7H2,(H,12,13). The van der Waals surface area contributed by atoms with Gasteiger partial charge in [-0.1, -0.05) is 23.1 Å². The Balaban J connectivity index is 1.45. The summed E-state index contributed by atoms with van der Waals surface area (Å²) in [5, 5.41) is 12.7. The van der Waals surface area contributed by atoms with Crippen molar-refractivity contribution >= 4 is 28.2 Å². The minimum Gasteiger partial charge on any atom is -0.377 e. The molecule has 3 rings (SSSR count). The number of nitrogens with one attached hydrogen (secondary N) is 1. The molecule has 0 amide bonds. The largest absolute Gasteiger partial charge is 0.377 e. The van der Waals surface area contributed by atoms with Crippen LogP contribution in [0, 0.1) is 0 Å². The number of ether oxygens (including phenoxy) is 1. The summed E-state index contributed by atoms with van der Waals surface area (Å²) in [6.45, 7) is 0.926. The van der Waals surface area contributed by atoms with E-state index in [1.807, 2.05) is 0 Å². The van der Waals surface area contributed by atoms with E-state index >= 15 is 0 Å². The zero-order valence-corrected chi connectivity index (χ0v) is 11.4. The Kier molecular flexibility index (Phi) is 3.83. The van der Waals surface area contributed by atoms with Crippen molar-refractivity contribution in [3.63, 3.8) is 0 Å². The molecule has 1 saturated heterocycles. The quantitative estimate of drug-likeness (QED) is 0.834. The summed E-state index contributed by atoms with van der Waals surface area (Å²) >= 11 is 3.44. The summed E-state index contributed by atoms with van der Waals surface area (Å²) in [7, 11) is 0. The lowest BCUT2D eigenvalue weighted by Gasteiger charge is -2.21. The maximum absolute atomic E-state index is 5.70. The lowest BCUT2D eigenvalue weighted by atomic mass is 10.1. The van der Waals surface area contributed by atoms with Gasteiger partial charge in [-0.2, -0.15) is 0 Å². The van der Waals surface area contributed by atoms with Gasteiger partial charge in [0.2, 0.25) is 5.13 Å². The Labute approximate surface area is 110 Å². The first-order valence-corrected chi connectivity index (χ1v) is 8.05. The molecule has 1 aliphatic heterocycles. The summed E-state index contributed by atoms with van der Waals surface area (Å²) in [5.74, 6) is 1.01. The van der Waals surface area contributed by atoms with E-state index in [1.54, 1.807) is 23.1 Å². The van der Waals surface area contributed by atoms with Gasteiger partial charge in [0.25, 0.3) is 0 Å². The van der Waals surface area contributed by atoms with Crippen molar-refractivity contribution in [1.29, 1.82) is 0 Å². The van der Waals surface area contributed by atoms with E-state index < -0.39 is 0 Å². The van der Waals surface area contributed by atoms with Crippen molar-refractivity contribution in [3.8, 4) is 0 Å². The Morgan fingerprint density at radius 2 is 2.24 bits per heavy atom. The van der Waals surface area contributed by atoms with Gasteiger partial charge < -0.3 is 10.1 Å². The molecule has 6 heteroatoms. The van der Waals surface area contributed by atoms with Gasteiger partial charge in [0.1, 0.15) is 0 Å². The molecule has 1 atom stereocenters. The van der Waals surface area contributed by atoms with Crippen LogP contribution in [0.4, 0.5) is 5.13 Å². The Hall–Kier alpha value is -0.330. The van der Waals surface area contributed by atoms with Crippen molar-refractivity contribution in [2.45, 2.75) is 48.6 Å². The van der Waals surface area contributed by atoms with Crippen LogP contribution >= 0.6 is 23.1 Å². The highest BCUT2D eigenvalue weighted by molar-refractivity contribution is 8.01. The van der Waals surface area contributed by atoms with Crippen LogP contribution in [0.5, 0.6) is 0 Å². The maximum atomic E-state index is 5.70. The average molecular weight is 271 g/mol. The lowest BCUT2D eigenvalue weighted by molar-refractivity contribution is 0.0315. The Bertz CT molecular complexity index is 361. The van der Waals surface area contributed by atoms with Crippen molar-refractivity contribution in [3.05, 3.63) is 0 Å². The predicted molar refractivity (Wildman–Crippen MR) is 70.9 cm³/mol. The van der Waals surface area contributed by atoms with Gasteiger partial charge >= 0.3 is 0 Å². The molecule has 1 N–H and O–H groups in total. The van der Waals surface area contributed by atoms with Gasteiger partial charge in [-0.3, -0.25) is 0 Å². The van der Waals surface area contributed by atoms with E-state index in [9.17, 15) is 0 Å². The first-order chi connectivity index (χ1) is 8.40. The highest BCUT2D eigenvalue weighted by Crippen LogP contribution is 2.31. The fraction of sp³-hybridized carbons (Fsp3) is 0.818. The zero-order chi connectivity index (χ0) is 11.5. The summed E-state index contributed by atoms with van der Waals surface area (Å²) in [4.78, 5) is 0. The number of nitrogens with zero attached hydrogens (tertiary/aromatic N) is 2. The van der Waals surface area contributed by atoms with E-state index in [2.05, 4.69) is 15.5 Å². The summed E-state index contributed by atoms with van der Waals surface area (Å²) in [5.41, 5.74) is 0. The third kappa shape index (κ3) is 3.56. The fourth-order valence-electron chi connectivity index (χ4n) is 1.83. The molecule has 0 radical (unpaired) electrons. The zero-order valence-electron chi connectivity index (χ0n) is 9.72. The van der Waals surface area contributed by atoms with Crippen molar-refractivity contribution in [1.82, 2.24) is 10.2 Å². The molecule has 1 aromatic heterocycles. The third-order valence-corrected chi connectivity index (χ3v) is 5.10. The number of hydrogen-bond donors (Lipinski definition) is 1. The van der Waals surface area contributed by atoms with E-state index in [4.69, 9.17) is 4.74 Å². The molecule has 1 aromatic rings. The molecule has 0 spiro atoms. The second-order valence-corrected chi connectivity index (χ2v) is 6.84. The molecule has 1 aliphatic carbocycles. The molecular formula is C11H17N3OS2. The second kappa shape index (κ2) is 5.54. The number of aromatic nitrogens is 2. The number of hydrogen-bond acceptors (Lipinski definition) is 6. The van der Waals surface area contributed by atoms with Crippen LogP contribution in [0.25, 0.3) is 0 Å². The molecule has 2 fully saturated rings. The predicted octanol–water partition coefficient (Wildman–Crippen LogP) is 2.77. The smallest absolute Gasteiger partial charge is 0.206 e. The first-order valence-electron chi connectivity index (χ1n) is 6.24. The number of thioether (sulfide) groups is 1. The van der Waals surface area contributed by atoms with Gasteiger partial charge in [-0.15, -0.1) is 10.2 Å². The van der Waals surface area contributed by atoms with E-state index in [0.29, 0.717) is 12.1 Å². The lowest BCUT2D eigenvalue weighted by Crippen LogP contribution is -2.21. The summed E-state index contributed by atoms with van der Waals surface area (Å²) < 4.78 is 6.76. The topological polar surface area (TPSA) is 47.0 Å². The fourth-order valence-corrected chi connectivity index (χ4v) is 3.75. The Morgan fingerprint density at radius 1 is 1.29 bits per heavy atom. The summed E-state index contributed by atoms with van der Waals surface area (Å²) in [6.07, 6.45) is 6.68. The molecule has 1 saturated carbocycles. The van der Waals surface area contributed by atoms with Crippen LogP contribution < -0.4 is 5.32 Å². The number of anilines is 1. The minimum atomic E-state index is 0.414. The molecule has 0 aromatic carbocycles. The van der Waals surface area contributed by atoms with Crippen LogP contribution in [0.1, 0.15) is 32.1 Å². The highest BCUT2D eigenvalue weighted by Gasteiger charge is 2.22. The van der Waals surface area contributed by atoms with Gasteiger partial charge in [-0.25, -0.2) is 0 Å². The molecule has 17 heavy (non-hydrogen) atoms. The molecule has 2 aliphatic rings. The van der Waals surface area contributed by atoms with Crippen LogP contribution in [-0.2, 0) is 4.74 Å². The Morgan fingerprint density at radius 3 is 3.00 bits per heavy atom. The van der Waals surface area contributed by atoms with Crippen LogP contribution in [-0.4, -0.2) is 34.7 Å². The molecule has 0 bridgehead atoms. The molecule has 1 unspecified atom stereocenters. The van der Waals surface area contributed by atoms with E-state index in [1.165, 1.54) is 32.1 Å². The van der Waals surface area contributed by atoms with Gasteiger partial charge in [-0.05, 0) is 32.1 Å². The summed E-state index contributed by atoms with van der Waals surface area (Å²) in [6, 6.07) is 0.655. The molecule has 4 nitrogen and oxygen atoms in total. The first kappa shape index (κ1) is 11.7. The maximum Gasteiger partial charge on any atom is 0.206 e. The molecular weight excluding hydrogens is 254 g/mol. The van der Waals surface area contributed by atoms with Crippen molar-refractivity contribution in [2.24, 2.45) is 0 Å². The van der Waals surface area contributed by atoms with Gasteiger partial charge in [0.15, 0.2) is 4.34 Å². The molecule has 2 heterocycles. The van der Waals surface area contributed by atoms with Crippen LogP contribution in [0.15, 0.2) is 4.34 Å². The third-order valence-electron chi connectivity index (χ3n) is 2.98. The second-order valence-electron chi connectivity index (χ2n) is 4.59. The monoisotopic (exact) mass is 271 g/mol. The van der Waals surface area contributed by atoms with Crippen LogP contribution in [0.3, 0.4) is 0 Å². The van der Waals surface area contributed by atoms with E-state index in [0.717, 1.165) is 21.8 Å². The highest BCUT2D eigenvalue weighted by atomic mass is 32.2. The SMILES string of the molecule is C1CCC(CSc2nnc(NC3CC3)s2)OC1. The molecule has 94 valence electrons. The van der Waals surface area contributed by atoms with Gasteiger partial charge in [0.05, 0.1) is 6.10 Å². The van der Waals surface area contributed by atoms with E-state index in [-0.39, 0.29) is 0 Å². The van der Waals surface area contributed by atoms with Gasteiger partial charge in [0, 0.05) is 18.4 Å². The van der Waals surface area contributed by atoms with Crippen molar-refractivity contribution in [2.75, 3.05) is 17.7 Å². The van der Waals surface area contributed by atoms with Crippen molar-refractivity contribution < 1.29 is 4.74 Å². The minimum absolute atomic E-state index is 0.414. The van der Waals surface area contributed by atoms with Crippen LogP contribution in [0.2, 0.25) is 0 Å². The number of rotatable bonds is 5. The average Bonchev–Trinajstić information content (AvgIpc) is 3.06.